The molecule has 4 saturated carbocycles. The van der Waals surface area contributed by atoms with Crippen LogP contribution in [0.5, 0.6) is 0 Å². The average Bonchev–Trinajstić information content (AvgIpc) is 2.95. The molecule has 0 aromatic carbocycles. The molecular formula is C21H34O5S2. The van der Waals surface area contributed by atoms with Gasteiger partial charge in [0.2, 0.25) is 0 Å². The maximum absolute atomic E-state index is 12.8. The van der Waals surface area contributed by atoms with Crippen molar-refractivity contribution in [1.29, 1.82) is 0 Å². The summed E-state index contributed by atoms with van der Waals surface area (Å²) >= 11 is 0. The first kappa shape index (κ1) is 21.1. The van der Waals surface area contributed by atoms with E-state index in [2.05, 4.69) is 6.92 Å². The molecule has 0 radical (unpaired) electrons. The number of rotatable bonds is 4. The van der Waals surface area contributed by atoms with E-state index in [4.69, 9.17) is 4.55 Å². The molecule has 2 N–H and O–H groups in total. The van der Waals surface area contributed by atoms with E-state index in [1.807, 2.05) is 6.92 Å². The lowest BCUT2D eigenvalue weighted by molar-refractivity contribution is -0.129. The topological polar surface area (TPSA) is 91.7 Å². The van der Waals surface area contributed by atoms with Crippen LogP contribution in [0.1, 0.15) is 71.6 Å². The summed E-state index contributed by atoms with van der Waals surface area (Å²) in [4.78, 5) is 12.8. The number of carbonyl (C=O) groups excluding carboxylic acids is 1. The van der Waals surface area contributed by atoms with Gasteiger partial charge in [-0.15, -0.1) is 0 Å². The molecular weight excluding hydrogens is 396 g/mol. The Kier molecular flexibility index (Phi) is 5.47. The monoisotopic (exact) mass is 430 g/mol. The highest BCUT2D eigenvalue weighted by molar-refractivity contribution is 8.70. The van der Waals surface area contributed by atoms with Crippen molar-refractivity contribution in [1.82, 2.24) is 0 Å². The van der Waals surface area contributed by atoms with Gasteiger partial charge < -0.3 is 5.11 Å². The number of hydrogen-bond donors (Lipinski definition) is 2. The summed E-state index contributed by atoms with van der Waals surface area (Å²) in [7, 11) is -3.81. The van der Waals surface area contributed by atoms with Crippen LogP contribution >= 0.6 is 10.8 Å². The molecule has 4 aliphatic rings. The highest BCUT2D eigenvalue weighted by Crippen LogP contribution is 2.64. The molecule has 0 unspecified atom stereocenters. The Bertz CT molecular complexity index is 733. The van der Waals surface area contributed by atoms with Crippen LogP contribution in [0, 0.1) is 40.9 Å². The first-order valence-electron chi connectivity index (χ1n) is 10.9. The van der Waals surface area contributed by atoms with Crippen LogP contribution in [0.4, 0.5) is 0 Å². The Morgan fingerprint density at radius 2 is 1.71 bits per heavy atom. The van der Waals surface area contributed by atoms with Gasteiger partial charge in [0.15, 0.2) is 0 Å². The first-order valence-corrected chi connectivity index (χ1v) is 13.8. The minimum atomic E-state index is -4.16. The molecule has 28 heavy (non-hydrogen) atoms. The molecule has 4 aliphatic carbocycles. The fourth-order valence-corrected chi connectivity index (χ4v) is 9.11. The van der Waals surface area contributed by atoms with E-state index in [0.29, 0.717) is 28.5 Å². The smallest absolute Gasteiger partial charge is 0.320 e. The van der Waals surface area contributed by atoms with Crippen molar-refractivity contribution in [3.63, 3.8) is 0 Å². The van der Waals surface area contributed by atoms with Gasteiger partial charge in [-0.3, -0.25) is 9.35 Å². The Hall–Kier alpha value is -0.110. The molecule has 0 heterocycles. The minimum Gasteiger partial charge on any atom is -0.390 e. The molecule has 8 atom stereocenters. The number of hydrogen-bond acceptors (Lipinski definition) is 5. The molecule has 0 amide bonds. The summed E-state index contributed by atoms with van der Waals surface area (Å²) in [6, 6.07) is 0. The number of carbonyl (C=O) groups is 1. The molecule has 4 fully saturated rings. The predicted molar refractivity (Wildman–Crippen MR) is 110 cm³/mol. The highest BCUT2D eigenvalue weighted by Gasteiger charge is 2.58. The fourth-order valence-electron chi connectivity index (χ4n) is 7.84. The fraction of sp³-hybridized carbons (Fsp3) is 0.952. The lowest BCUT2D eigenvalue weighted by Gasteiger charge is -2.56. The van der Waals surface area contributed by atoms with Crippen molar-refractivity contribution in [2.24, 2.45) is 40.9 Å². The first-order chi connectivity index (χ1) is 13.0. The largest absolute Gasteiger partial charge is 0.390 e. The maximum Gasteiger partial charge on any atom is 0.320 e. The highest BCUT2D eigenvalue weighted by atomic mass is 33.1. The molecule has 160 valence electrons. The van der Waals surface area contributed by atoms with Crippen LogP contribution in [-0.4, -0.2) is 35.2 Å². The number of Topliss-reactive ketones (excluding diaryl/α,β-unsaturated/α-hetero) is 1. The Balaban J connectivity index is 1.47. The molecule has 0 saturated heterocycles. The van der Waals surface area contributed by atoms with Crippen LogP contribution in [0.2, 0.25) is 0 Å². The van der Waals surface area contributed by atoms with Gasteiger partial charge in [0.1, 0.15) is 5.78 Å². The summed E-state index contributed by atoms with van der Waals surface area (Å²) < 4.78 is 31.0. The Morgan fingerprint density at radius 1 is 1.00 bits per heavy atom. The molecule has 0 spiro atoms. The molecule has 0 aromatic heterocycles. The normalized spacial score (nSPS) is 48.4. The van der Waals surface area contributed by atoms with E-state index < -0.39 is 14.8 Å². The minimum absolute atomic E-state index is 0.00604. The third kappa shape index (κ3) is 3.81. The number of ketones is 1. The second-order valence-electron chi connectivity index (χ2n) is 10.5. The van der Waals surface area contributed by atoms with E-state index in [9.17, 15) is 18.3 Å². The lowest BCUT2D eigenvalue weighted by Crippen LogP contribution is -2.51. The van der Waals surface area contributed by atoms with Crippen molar-refractivity contribution in [3.05, 3.63) is 0 Å². The van der Waals surface area contributed by atoms with Gasteiger partial charge in [-0.2, -0.15) is 8.42 Å². The number of aliphatic hydroxyl groups is 1. The molecule has 4 rings (SSSR count). The van der Waals surface area contributed by atoms with E-state index in [1.54, 1.807) is 0 Å². The lowest BCUT2D eigenvalue weighted by atomic mass is 9.49. The van der Waals surface area contributed by atoms with Gasteiger partial charge in [-0.25, -0.2) is 0 Å². The van der Waals surface area contributed by atoms with Crippen LogP contribution in [0.3, 0.4) is 0 Å². The standard InChI is InChI=1S/C21H34O5S2/c1-20(23)9-7-14-13(11-20)3-4-16-15(14)8-10-21(2)17(16)5-6-18(21)19(22)12-27-28(24,25)26/h13-18,23H,3-12H2,1-2H3,(H,24,25,26)/t13-,14+,15-,16-,17+,18-,20+,21+/m1/s1. The van der Waals surface area contributed by atoms with Gasteiger partial charge in [0.05, 0.1) is 11.4 Å². The van der Waals surface area contributed by atoms with Crippen molar-refractivity contribution in [2.75, 3.05) is 5.75 Å². The van der Waals surface area contributed by atoms with Gasteiger partial charge in [-0.1, -0.05) is 6.92 Å². The summed E-state index contributed by atoms with van der Waals surface area (Å²) in [5, 5.41) is 10.5. The molecule has 0 aromatic rings. The van der Waals surface area contributed by atoms with Gasteiger partial charge in [0.25, 0.3) is 0 Å². The van der Waals surface area contributed by atoms with Crippen LogP contribution in [0.25, 0.3) is 0 Å². The van der Waals surface area contributed by atoms with Gasteiger partial charge >= 0.3 is 9.15 Å². The van der Waals surface area contributed by atoms with E-state index in [1.165, 1.54) is 12.8 Å². The van der Waals surface area contributed by atoms with E-state index in [-0.39, 0.29) is 22.9 Å². The summed E-state index contributed by atoms with van der Waals surface area (Å²) in [6.45, 7) is 4.25. The quantitative estimate of drug-likeness (QED) is 0.515. The summed E-state index contributed by atoms with van der Waals surface area (Å²) in [5.41, 5.74) is -0.516. The molecule has 0 bridgehead atoms. The van der Waals surface area contributed by atoms with Crippen molar-refractivity contribution < 1.29 is 22.9 Å². The SMILES string of the molecule is C[C@]1(O)CC[C@H]2[C@H](CC[C@@H]3[C@@H]2CC[C@]2(C)[C@@H](C(=O)CSS(=O)(=O)O)CC[C@@H]32)C1. The van der Waals surface area contributed by atoms with Gasteiger partial charge in [-0.05, 0) is 99.7 Å². The third-order valence-electron chi connectivity index (χ3n) is 8.98. The van der Waals surface area contributed by atoms with Crippen molar-refractivity contribution >= 4 is 25.7 Å². The Labute approximate surface area is 172 Å². The zero-order chi connectivity index (χ0) is 20.3. The molecule has 0 aliphatic heterocycles. The van der Waals surface area contributed by atoms with Crippen LogP contribution in [0.15, 0.2) is 0 Å². The van der Waals surface area contributed by atoms with E-state index in [0.717, 1.165) is 56.8 Å². The maximum atomic E-state index is 12.8. The Morgan fingerprint density at radius 3 is 2.43 bits per heavy atom. The molecule has 5 nitrogen and oxygen atoms in total. The number of fused-ring (bicyclic) bond motifs is 5. The van der Waals surface area contributed by atoms with Crippen LogP contribution in [-0.2, 0) is 13.9 Å². The van der Waals surface area contributed by atoms with Crippen molar-refractivity contribution in [2.45, 2.75) is 77.2 Å². The van der Waals surface area contributed by atoms with Crippen LogP contribution < -0.4 is 0 Å². The zero-order valence-corrected chi connectivity index (χ0v) is 18.6. The average molecular weight is 431 g/mol. The predicted octanol–water partition coefficient (Wildman–Crippen LogP) is 4.11. The summed E-state index contributed by atoms with van der Waals surface area (Å²) in [6.07, 6.45) is 9.54. The second-order valence-corrected chi connectivity index (χ2v) is 13.9. The van der Waals surface area contributed by atoms with E-state index >= 15 is 0 Å². The summed E-state index contributed by atoms with van der Waals surface area (Å²) in [5.74, 6) is 3.13. The molecule has 7 heteroatoms. The zero-order valence-electron chi connectivity index (χ0n) is 17.0. The van der Waals surface area contributed by atoms with Crippen molar-refractivity contribution in [3.8, 4) is 0 Å². The second kappa shape index (κ2) is 7.24. The van der Waals surface area contributed by atoms with Gasteiger partial charge in [0, 0.05) is 16.7 Å². The third-order valence-corrected chi connectivity index (χ3v) is 10.9.